The Bertz CT molecular complexity index is 746. The topological polar surface area (TPSA) is 41.1 Å². The van der Waals surface area contributed by atoms with E-state index in [0.717, 1.165) is 24.6 Å². The molecule has 1 aliphatic rings. The Balaban J connectivity index is 1.72. The standard InChI is InChI=1S/C18H18F2N2O/c1-11-8-14(16(20)9-15(11)19)18(23)22-10-17-13-5-3-2-4-12(13)6-7-21-17/h2-5,8-9,17,21H,6-7,10H2,1H3,(H,22,23). The maximum atomic E-state index is 13.8. The molecule has 3 rings (SSSR count). The minimum atomic E-state index is -0.845. The maximum Gasteiger partial charge on any atom is 0.254 e. The highest BCUT2D eigenvalue weighted by atomic mass is 19.1. The fraction of sp³-hybridized carbons (Fsp3) is 0.278. The molecule has 1 amide bonds. The summed E-state index contributed by atoms with van der Waals surface area (Å²) < 4.78 is 27.1. The van der Waals surface area contributed by atoms with E-state index in [0.29, 0.717) is 6.54 Å². The molecule has 2 aromatic carbocycles. The molecule has 3 nitrogen and oxygen atoms in total. The molecule has 2 aromatic rings. The van der Waals surface area contributed by atoms with E-state index in [-0.39, 0.29) is 17.2 Å². The largest absolute Gasteiger partial charge is 0.350 e. The van der Waals surface area contributed by atoms with Gasteiger partial charge in [-0.05, 0) is 42.6 Å². The van der Waals surface area contributed by atoms with Crippen molar-refractivity contribution < 1.29 is 13.6 Å². The molecule has 5 heteroatoms. The van der Waals surface area contributed by atoms with Gasteiger partial charge in [-0.25, -0.2) is 8.78 Å². The second-order valence-electron chi connectivity index (χ2n) is 5.75. The van der Waals surface area contributed by atoms with E-state index < -0.39 is 17.5 Å². The summed E-state index contributed by atoms with van der Waals surface area (Å²) in [5.41, 5.74) is 2.52. The molecule has 0 saturated carbocycles. The molecule has 1 unspecified atom stereocenters. The van der Waals surface area contributed by atoms with Gasteiger partial charge < -0.3 is 10.6 Å². The number of nitrogens with one attached hydrogen (secondary N) is 2. The van der Waals surface area contributed by atoms with Gasteiger partial charge in [0.25, 0.3) is 5.91 Å². The molecule has 0 fully saturated rings. The van der Waals surface area contributed by atoms with E-state index in [1.165, 1.54) is 18.6 Å². The van der Waals surface area contributed by atoms with Crippen molar-refractivity contribution in [3.8, 4) is 0 Å². The molecule has 120 valence electrons. The Kier molecular flexibility index (Phi) is 4.39. The van der Waals surface area contributed by atoms with E-state index in [2.05, 4.69) is 16.7 Å². The Labute approximate surface area is 133 Å². The van der Waals surface area contributed by atoms with Gasteiger partial charge in [0.15, 0.2) is 0 Å². The first-order valence-corrected chi connectivity index (χ1v) is 7.61. The van der Waals surface area contributed by atoms with E-state index in [4.69, 9.17) is 0 Å². The smallest absolute Gasteiger partial charge is 0.254 e. The average Bonchev–Trinajstić information content (AvgIpc) is 2.56. The molecule has 2 N–H and O–H groups in total. The maximum absolute atomic E-state index is 13.8. The lowest BCUT2D eigenvalue weighted by molar-refractivity contribution is 0.0945. The summed E-state index contributed by atoms with van der Waals surface area (Å²) in [6, 6.07) is 10.0. The molecule has 0 aromatic heterocycles. The predicted molar refractivity (Wildman–Crippen MR) is 84.3 cm³/mol. The van der Waals surface area contributed by atoms with E-state index in [1.807, 2.05) is 18.2 Å². The van der Waals surface area contributed by atoms with Crippen LogP contribution in [0.1, 0.15) is 33.1 Å². The van der Waals surface area contributed by atoms with E-state index >= 15 is 0 Å². The molecule has 23 heavy (non-hydrogen) atoms. The Hall–Kier alpha value is -2.27. The van der Waals surface area contributed by atoms with Crippen LogP contribution in [0.5, 0.6) is 0 Å². The van der Waals surface area contributed by atoms with Gasteiger partial charge in [0.2, 0.25) is 0 Å². The highest BCUT2D eigenvalue weighted by Gasteiger charge is 2.21. The highest BCUT2D eigenvalue weighted by Crippen LogP contribution is 2.22. The van der Waals surface area contributed by atoms with Crippen LogP contribution < -0.4 is 10.6 Å². The first-order valence-electron chi connectivity index (χ1n) is 7.61. The molecule has 1 heterocycles. The summed E-state index contributed by atoms with van der Waals surface area (Å²) in [6.07, 6.45) is 0.951. The zero-order valence-electron chi connectivity index (χ0n) is 12.8. The fourth-order valence-corrected chi connectivity index (χ4v) is 2.90. The van der Waals surface area contributed by atoms with Gasteiger partial charge in [-0.3, -0.25) is 4.79 Å². The number of amides is 1. The van der Waals surface area contributed by atoms with Crippen molar-refractivity contribution in [2.75, 3.05) is 13.1 Å². The number of fused-ring (bicyclic) bond motifs is 1. The van der Waals surface area contributed by atoms with Crippen LogP contribution in [0.4, 0.5) is 8.78 Å². The van der Waals surface area contributed by atoms with Gasteiger partial charge >= 0.3 is 0 Å². The van der Waals surface area contributed by atoms with Crippen molar-refractivity contribution in [1.29, 1.82) is 0 Å². The van der Waals surface area contributed by atoms with Crippen LogP contribution in [-0.2, 0) is 6.42 Å². The zero-order valence-corrected chi connectivity index (χ0v) is 12.8. The number of hydrogen-bond acceptors (Lipinski definition) is 2. The SMILES string of the molecule is Cc1cc(C(=O)NCC2NCCc3ccccc32)c(F)cc1F. The number of rotatable bonds is 3. The summed E-state index contributed by atoms with van der Waals surface area (Å²) >= 11 is 0. The van der Waals surface area contributed by atoms with Gasteiger partial charge in [-0.2, -0.15) is 0 Å². The second kappa shape index (κ2) is 6.46. The molecule has 0 spiro atoms. The third-order valence-electron chi connectivity index (χ3n) is 4.18. The highest BCUT2D eigenvalue weighted by molar-refractivity contribution is 5.94. The molecular weight excluding hydrogens is 298 g/mol. The number of carbonyl (C=O) groups excluding carboxylic acids is 1. The quantitative estimate of drug-likeness (QED) is 0.914. The second-order valence-corrected chi connectivity index (χ2v) is 5.75. The lowest BCUT2D eigenvalue weighted by atomic mass is 9.94. The number of halogens is 2. The van der Waals surface area contributed by atoms with Crippen molar-refractivity contribution >= 4 is 5.91 Å². The molecule has 0 aliphatic carbocycles. The van der Waals surface area contributed by atoms with Gasteiger partial charge in [0, 0.05) is 18.7 Å². The number of carbonyl (C=O) groups is 1. The Morgan fingerprint density at radius 2 is 2.04 bits per heavy atom. The van der Waals surface area contributed by atoms with Crippen molar-refractivity contribution in [2.24, 2.45) is 0 Å². The fourth-order valence-electron chi connectivity index (χ4n) is 2.90. The monoisotopic (exact) mass is 316 g/mol. The van der Waals surface area contributed by atoms with Gasteiger partial charge in [-0.1, -0.05) is 24.3 Å². The summed E-state index contributed by atoms with van der Waals surface area (Å²) in [4.78, 5) is 12.2. The molecule has 1 atom stereocenters. The average molecular weight is 316 g/mol. The van der Waals surface area contributed by atoms with Crippen molar-refractivity contribution in [1.82, 2.24) is 10.6 Å². The number of aryl methyl sites for hydroxylation is 1. The van der Waals surface area contributed by atoms with Crippen LogP contribution in [-0.4, -0.2) is 19.0 Å². The minimum absolute atomic E-state index is 0.00601. The summed E-state index contributed by atoms with van der Waals surface area (Å²) in [6.45, 7) is 2.69. The van der Waals surface area contributed by atoms with Crippen molar-refractivity contribution in [2.45, 2.75) is 19.4 Å². The molecule has 0 radical (unpaired) electrons. The Morgan fingerprint density at radius 1 is 1.26 bits per heavy atom. The Morgan fingerprint density at radius 3 is 2.87 bits per heavy atom. The first kappa shape index (κ1) is 15.6. The third kappa shape index (κ3) is 3.24. The third-order valence-corrected chi connectivity index (χ3v) is 4.18. The lowest BCUT2D eigenvalue weighted by Crippen LogP contribution is -2.39. The molecule has 1 aliphatic heterocycles. The van der Waals surface area contributed by atoms with Gasteiger partial charge in [0.1, 0.15) is 11.6 Å². The van der Waals surface area contributed by atoms with Gasteiger partial charge in [0.05, 0.1) is 5.56 Å². The lowest BCUT2D eigenvalue weighted by Gasteiger charge is -2.27. The van der Waals surface area contributed by atoms with Gasteiger partial charge in [-0.15, -0.1) is 0 Å². The van der Waals surface area contributed by atoms with Crippen LogP contribution >= 0.6 is 0 Å². The summed E-state index contributed by atoms with van der Waals surface area (Å²) in [5.74, 6) is -2.03. The van der Waals surface area contributed by atoms with Crippen LogP contribution in [0.3, 0.4) is 0 Å². The number of benzene rings is 2. The van der Waals surface area contributed by atoms with Crippen LogP contribution in [0, 0.1) is 18.6 Å². The van der Waals surface area contributed by atoms with Crippen molar-refractivity contribution in [3.63, 3.8) is 0 Å². The summed E-state index contributed by atoms with van der Waals surface area (Å²) in [7, 11) is 0. The summed E-state index contributed by atoms with van der Waals surface area (Å²) in [5, 5.41) is 6.08. The minimum Gasteiger partial charge on any atom is -0.350 e. The molecular formula is C18H18F2N2O. The normalized spacial score (nSPS) is 16.7. The zero-order chi connectivity index (χ0) is 16.4. The van der Waals surface area contributed by atoms with Crippen molar-refractivity contribution in [3.05, 3.63) is 70.3 Å². The van der Waals surface area contributed by atoms with Crippen LogP contribution in [0.15, 0.2) is 36.4 Å². The first-order chi connectivity index (χ1) is 11.1. The van der Waals surface area contributed by atoms with Crippen LogP contribution in [0.25, 0.3) is 0 Å². The van der Waals surface area contributed by atoms with E-state index in [1.54, 1.807) is 0 Å². The molecule has 0 saturated heterocycles. The number of hydrogen-bond donors (Lipinski definition) is 2. The van der Waals surface area contributed by atoms with E-state index in [9.17, 15) is 13.6 Å². The predicted octanol–water partition coefficient (Wildman–Crippen LogP) is 2.89. The van der Waals surface area contributed by atoms with Crippen LogP contribution in [0.2, 0.25) is 0 Å². The molecule has 0 bridgehead atoms.